The van der Waals surface area contributed by atoms with Crippen LogP contribution < -0.4 is 21.5 Å². The van der Waals surface area contributed by atoms with E-state index in [-0.39, 0.29) is 11.8 Å². The van der Waals surface area contributed by atoms with Gasteiger partial charge in [0.15, 0.2) is 0 Å². The van der Waals surface area contributed by atoms with Gasteiger partial charge in [0.2, 0.25) is 11.9 Å². The van der Waals surface area contributed by atoms with Gasteiger partial charge >= 0.3 is 0 Å². The number of aryl methyl sites for hydroxylation is 1. The SMILES string of the molecule is CNC(=O)C1CCN(c2cc(C)nc(NN)n2)CC1. The summed E-state index contributed by atoms with van der Waals surface area (Å²) in [6.45, 7) is 3.54. The van der Waals surface area contributed by atoms with Gasteiger partial charge in [-0.1, -0.05) is 0 Å². The number of nitrogen functional groups attached to an aromatic ring is 1. The Hall–Kier alpha value is -1.89. The van der Waals surface area contributed by atoms with Crippen molar-refractivity contribution in [1.82, 2.24) is 15.3 Å². The molecule has 4 N–H and O–H groups in total. The summed E-state index contributed by atoms with van der Waals surface area (Å²) in [5.41, 5.74) is 3.34. The van der Waals surface area contributed by atoms with Crippen LogP contribution in [0.3, 0.4) is 0 Å². The zero-order chi connectivity index (χ0) is 13.8. The minimum absolute atomic E-state index is 0.108. The molecule has 2 rings (SSSR count). The highest BCUT2D eigenvalue weighted by atomic mass is 16.1. The van der Waals surface area contributed by atoms with Gasteiger partial charge < -0.3 is 10.2 Å². The predicted molar refractivity (Wildman–Crippen MR) is 73.6 cm³/mol. The van der Waals surface area contributed by atoms with Crippen molar-refractivity contribution >= 4 is 17.7 Å². The Bertz CT molecular complexity index is 456. The fourth-order valence-electron chi connectivity index (χ4n) is 2.35. The number of piperidine rings is 1. The zero-order valence-electron chi connectivity index (χ0n) is 11.3. The molecule has 19 heavy (non-hydrogen) atoms. The van der Waals surface area contributed by atoms with Gasteiger partial charge in [-0.05, 0) is 19.8 Å². The molecule has 0 unspecified atom stereocenters. The molecule has 1 aliphatic heterocycles. The topological polar surface area (TPSA) is 96.2 Å². The molecule has 0 spiro atoms. The Morgan fingerprint density at radius 2 is 2.11 bits per heavy atom. The average Bonchev–Trinajstić information content (AvgIpc) is 2.46. The normalized spacial score (nSPS) is 16.3. The van der Waals surface area contributed by atoms with E-state index in [0.29, 0.717) is 5.95 Å². The largest absolute Gasteiger partial charge is 0.359 e. The third-order valence-corrected chi connectivity index (χ3v) is 3.41. The molecule has 0 aromatic carbocycles. The van der Waals surface area contributed by atoms with Crippen molar-refractivity contribution in [2.75, 3.05) is 30.5 Å². The summed E-state index contributed by atoms with van der Waals surface area (Å²) in [4.78, 5) is 22.3. The molecule has 1 aromatic rings. The van der Waals surface area contributed by atoms with Crippen molar-refractivity contribution in [2.45, 2.75) is 19.8 Å². The second kappa shape index (κ2) is 5.83. The number of carbonyl (C=O) groups is 1. The first kappa shape index (κ1) is 13.5. The van der Waals surface area contributed by atoms with Crippen molar-refractivity contribution in [3.05, 3.63) is 11.8 Å². The van der Waals surface area contributed by atoms with Crippen LogP contribution in [0, 0.1) is 12.8 Å². The summed E-state index contributed by atoms with van der Waals surface area (Å²) >= 11 is 0. The van der Waals surface area contributed by atoms with Gasteiger partial charge in [0.05, 0.1) is 0 Å². The highest BCUT2D eigenvalue weighted by molar-refractivity contribution is 5.78. The Kier molecular flexibility index (Phi) is 4.16. The first-order valence-corrected chi connectivity index (χ1v) is 6.43. The molecule has 1 aliphatic rings. The highest BCUT2D eigenvalue weighted by Crippen LogP contribution is 2.23. The summed E-state index contributed by atoms with van der Waals surface area (Å²) in [5.74, 6) is 6.86. The predicted octanol–water partition coefficient (Wildman–Crippen LogP) is 0.0330. The summed E-state index contributed by atoms with van der Waals surface area (Å²) in [7, 11) is 1.68. The lowest BCUT2D eigenvalue weighted by molar-refractivity contribution is -0.125. The van der Waals surface area contributed by atoms with Crippen molar-refractivity contribution < 1.29 is 4.79 Å². The number of hydrogen-bond donors (Lipinski definition) is 3. The fraction of sp³-hybridized carbons (Fsp3) is 0.583. The van der Waals surface area contributed by atoms with Gasteiger partial charge in [0, 0.05) is 37.8 Å². The molecule has 2 heterocycles. The maximum atomic E-state index is 11.6. The molecule has 1 fully saturated rings. The van der Waals surface area contributed by atoms with E-state index < -0.39 is 0 Å². The molecule has 104 valence electrons. The van der Waals surface area contributed by atoms with Gasteiger partial charge in [-0.25, -0.2) is 10.8 Å². The van der Waals surface area contributed by atoms with E-state index in [1.165, 1.54) is 0 Å². The number of amides is 1. The summed E-state index contributed by atoms with van der Waals surface area (Å²) in [6, 6.07) is 1.93. The number of nitrogens with zero attached hydrogens (tertiary/aromatic N) is 3. The van der Waals surface area contributed by atoms with Gasteiger partial charge in [-0.3, -0.25) is 10.2 Å². The minimum Gasteiger partial charge on any atom is -0.359 e. The van der Waals surface area contributed by atoms with E-state index >= 15 is 0 Å². The third-order valence-electron chi connectivity index (χ3n) is 3.41. The molecular formula is C12H20N6O. The lowest BCUT2D eigenvalue weighted by atomic mass is 9.96. The molecule has 7 nitrogen and oxygen atoms in total. The van der Waals surface area contributed by atoms with Crippen molar-refractivity contribution in [3.63, 3.8) is 0 Å². The van der Waals surface area contributed by atoms with Gasteiger partial charge in [-0.2, -0.15) is 4.98 Å². The Labute approximate surface area is 112 Å². The Morgan fingerprint density at radius 1 is 1.42 bits per heavy atom. The van der Waals surface area contributed by atoms with Crippen LogP contribution in [0.1, 0.15) is 18.5 Å². The molecule has 1 aromatic heterocycles. The lowest BCUT2D eigenvalue weighted by Crippen LogP contribution is -2.40. The summed E-state index contributed by atoms with van der Waals surface area (Å²) in [6.07, 6.45) is 1.68. The number of hydrogen-bond acceptors (Lipinski definition) is 6. The molecule has 1 saturated heterocycles. The first-order valence-electron chi connectivity index (χ1n) is 6.43. The second-order valence-corrected chi connectivity index (χ2v) is 4.71. The quantitative estimate of drug-likeness (QED) is 0.526. The van der Waals surface area contributed by atoms with E-state index in [1.54, 1.807) is 7.05 Å². The number of aromatic nitrogens is 2. The van der Waals surface area contributed by atoms with Crippen LogP contribution in [0.25, 0.3) is 0 Å². The monoisotopic (exact) mass is 264 g/mol. The van der Waals surface area contributed by atoms with E-state index in [1.807, 2.05) is 13.0 Å². The molecule has 7 heteroatoms. The average molecular weight is 264 g/mol. The van der Waals surface area contributed by atoms with Gasteiger partial charge in [0.1, 0.15) is 5.82 Å². The smallest absolute Gasteiger partial charge is 0.239 e. The molecule has 0 bridgehead atoms. The second-order valence-electron chi connectivity index (χ2n) is 4.71. The van der Waals surface area contributed by atoms with Gasteiger partial charge in [-0.15, -0.1) is 0 Å². The van der Waals surface area contributed by atoms with E-state index in [0.717, 1.165) is 37.4 Å². The third kappa shape index (κ3) is 3.11. The maximum absolute atomic E-state index is 11.6. The van der Waals surface area contributed by atoms with E-state index in [4.69, 9.17) is 5.84 Å². The number of rotatable bonds is 3. The summed E-state index contributed by atoms with van der Waals surface area (Å²) < 4.78 is 0. The van der Waals surface area contributed by atoms with Crippen molar-refractivity contribution in [3.8, 4) is 0 Å². The number of nitrogens with one attached hydrogen (secondary N) is 2. The van der Waals surface area contributed by atoms with Crippen LogP contribution in [0.5, 0.6) is 0 Å². The molecule has 0 aliphatic carbocycles. The van der Waals surface area contributed by atoms with Crippen LogP contribution in [0.4, 0.5) is 11.8 Å². The lowest BCUT2D eigenvalue weighted by Gasteiger charge is -2.32. The standard InChI is InChI=1S/C12H20N6O/c1-8-7-10(16-12(15-8)17-13)18-5-3-9(4-6-18)11(19)14-2/h7,9H,3-6,13H2,1-2H3,(H,14,19)(H,15,16,17). The number of hydrazine groups is 1. The van der Waals surface area contributed by atoms with Crippen LogP contribution in [0.15, 0.2) is 6.07 Å². The highest BCUT2D eigenvalue weighted by Gasteiger charge is 2.25. The first-order chi connectivity index (χ1) is 9.13. The molecular weight excluding hydrogens is 244 g/mol. The van der Waals surface area contributed by atoms with Crippen molar-refractivity contribution in [2.24, 2.45) is 11.8 Å². The fourth-order valence-corrected chi connectivity index (χ4v) is 2.35. The Morgan fingerprint density at radius 3 is 2.68 bits per heavy atom. The number of carbonyl (C=O) groups excluding carboxylic acids is 1. The molecule has 0 saturated carbocycles. The minimum atomic E-state index is 0.108. The summed E-state index contributed by atoms with van der Waals surface area (Å²) in [5, 5.41) is 2.71. The Balaban J connectivity index is 2.05. The van der Waals surface area contributed by atoms with Crippen LogP contribution >= 0.6 is 0 Å². The van der Waals surface area contributed by atoms with E-state index in [9.17, 15) is 4.79 Å². The van der Waals surface area contributed by atoms with Crippen molar-refractivity contribution in [1.29, 1.82) is 0 Å². The number of anilines is 2. The van der Waals surface area contributed by atoms with Crippen LogP contribution in [0.2, 0.25) is 0 Å². The van der Waals surface area contributed by atoms with Crippen LogP contribution in [-0.4, -0.2) is 36.0 Å². The zero-order valence-corrected chi connectivity index (χ0v) is 11.3. The van der Waals surface area contributed by atoms with Crippen LogP contribution in [-0.2, 0) is 4.79 Å². The maximum Gasteiger partial charge on any atom is 0.239 e. The van der Waals surface area contributed by atoms with E-state index in [2.05, 4.69) is 25.6 Å². The molecule has 1 amide bonds. The van der Waals surface area contributed by atoms with Gasteiger partial charge in [0.25, 0.3) is 0 Å². The molecule has 0 radical (unpaired) electrons. The molecule has 0 atom stereocenters. The number of nitrogens with two attached hydrogens (primary N) is 1.